The minimum absolute atomic E-state index is 0.234. The van der Waals surface area contributed by atoms with Crippen molar-refractivity contribution in [1.82, 2.24) is 4.98 Å². The summed E-state index contributed by atoms with van der Waals surface area (Å²) in [6.45, 7) is 2.42. The molecule has 1 aromatic carbocycles. The van der Waals surface area contributed by atoms with Gasteiger partial charge in [-0.25, -0.2) is 4.98 Å². The van der Waals surface area contributed by atoms with Crippen LogP contribution in [-0.2, 0) is 12.1 Å². The summed E-state index contributed by atoms with van der Waals surface area (Å²) in [7, 11) is 0. The maximum Gasteiger partial charge on any atom is 0.430 e. The molecule has 0 saturated heterocycles. The summed E-state index contributed by atoms with van der Waals surface area (Å²) in [5, 5.41) is 10.9. The highest BCUT2D eigenvalue weighted by Crippen LogP contribution is 2.50. The smallest absolute Gasteiger partial charge is 0.369 e. The van der Waals surface area contributed by atoms with E-state index in [2.05, 4.69) is 4.98 Å². The SMILES string of the molecule is CCN(Cc1cscn1)c1ccc(C(O)(C(F)(F)F)C(F)(F)F)cc1Cl. The van der Waals surface area contributed by atoms with E-state index in [1.165, 1.54) is 11.3 Å². The third-order valence-corrected chi connectivity index (χ3v) is 4.68. The normalized spacial score (nSPS) is 13.1. The lowest BCUT2D eigenvalue weighted by atomic mass is 9.92. The summed E-state index contributed by atoms with van der Waals surface area (Å²) < 4.78 is 77.8. The van der Waals surface area contributed by atoms with Gasteiger partial charge in [0.05, 0.1) is 28.5 Å². The number of benzene rings is 1. The van der Waals surface area contributed by atoms with Crippen molar-refractivity contribution in [2.24, 2.45) is 0 Å². The van der Waals surface area contributed by atoms with Crippen LogP contribution in [0.3, 0.4) is 0 Å². The molecular weight excluding hydrogens is 406 g/mol. The first-order valence-electron chi connectivity index (χ1n) is 7.19. The Morgan fingerprint density at radius 2 is 1.77 bits per heavy atom. The number of aliphatic hydroxyl groups is 1. The zero-order valence-corrected chi connectivity index (χ0v) is 14.8. The van der Waals surface area contributed by atoms with Crippen LogP contribution in [0.5, 0.6) is 0 Å². The Kier molecular flexibility index (Phi) is 5.79. The van der Waals surface area contributed by atoms with Crippen molar-refractivity contribution in [2.75, 3.05) is 11.4 Å². The minimum Gasteiger partial charge on any atom is -0.369 e. The van der Waals surface area contributed by atoms with Gasteiger partial charge in [-0.2, -0.15) is 26.3 Å². The molecule has 1 N–H and O–H groups in total. The molecule has 1 heterocycles. The van der Waals surface area contributed by atoms with E-state index in [1.54, 1.807) is 22.7 Å². The van der Waals surface area contributed by atoms with Gasteiger partial charge in [-0.3, -0.25) is 0 Å². The van der Waals surface area contributed by atoms with E-state index in [0.29, 0.717) is 24.4 Å². The molecule has 26 heavy (non-hydrogen) atoms. The Bertz CT molecular complexity index is 734. The Labute approximate surface area is 153 Å². The number of anilines is 1. The van der Waals surface area contributed by atoms with E-state index in [4.69, 9.17) is 11.6 Å². The first-order valence-corrected chi connectivity index (χ1v) is 8.51. The minimum atomic E-state index is -5.96. The predicted molar refractivity (Wildman–Crippen MR) is 86.3 cm³/mol. The molecule has 0 aliphatic rings. The second kappa shape index (κ2) is 7.24. The van der Waals surface area contributed by atoms with Crippen molar-refractivity contribution < 1.29 is 31.4 Å². The number of halogens is 7. The maximum absolute atomic E-state index is 13.0. The fourth-order valence-electron chi connectivity index (χ4n) is 2.35. The topological polar surface area (TPSA) is 36.4 Å². The lowest BCUT2D eigenvalue weighted by Crippen LogP contribution is -2.53. The van der Waals surface area contributed by atoms with Crippen LogP contribution < -0.4 is 4.90 Å². The number of hydrogen-bond acceptors (Lipinski definition) is 4. The molecule has 0 unspecified atom stereocenters. The van der Waals surface area contributed by atoms with Crippen LogP contribution in [0.15, 0.2) is 29.1 Å². The van der Waals surface area contributed by atoms with E-state index < -0.39 is 23.5 Å². The van der Waals surface area contributed by atoms with E-state index in [9.17, 15) is 31.4 Å². The zero-order chi connectivity index (χ0) is 19.8. The molecule has 0 bridgehead atoms. The molecule has 144 valence electrons. The van der Waals surface area contributed by atoms with Crippen molar-refractivity contribution in [3.05, 3.63) is 45.4 Å². The Balaban J connectivity index is 2.45. The summed E-state index contributed by atoms with van der Waals surface area (Å²) >= 11 is 7.29. The van der Waals surface area contributed by atoms with Crippen molar-refractivity contribution >= 4 is 28.6 Å². The van der Waals surface area contributed by atoms with Crippen LogP contribution >= 0.6 is 22.9 Å². The van der Waals surface area contributed by atoms with Crippen LogP contribution in [-0.4, -0.2) is 29.0 Å². The van der Waals surface area contributed by atoms with Gasteiger partial charge < -0.3 is 10.0 Å². The van der Waals surface area contributed by atoms with Gasteiger partial charge >= 0.3 is 12.4 Å². The second-order valence-corrected chi connectivity index (χ2v) is 6.49. The molecule has 11 heteroatoms. The Hall–Kier alpha value is -1.52. The summed E-state index contributed by atoms with van der Waals surface area (Å²) in [5.41, 5.74) is -3.89. The van der Waals surface area contributed by atoms with Crippen LogP contribution in [0.4, 0.5) is 32.0 Å². The standard InChI is InChI=1S/C15H13ClF6N2OS/c1-2-24(6-10-7-26-8-23-10)12-4-3-9(5-11(12)16)13(25,14(17,18)19)15(20,21)22/h3-5,7-8,25H,2,6H2,1H3. The zero-order valence-electron chi connectivity index (χ0n) is 13.2. The monoisotopic (exact) mass is 418 g/mol. The number of alkyl halides is 6. The van der Waals surface area contributed by atoms with Crippen molar-refractivity contribution in [3.63, 3.8) is 0 Å². The summed E-state index contributed by atoms with van der Waals surface area (Å²) in [6.07, 6.45) is -11.9. The molecule has 0 aliphatic heterocycles. The molecule has 0 radical (unpaired) electrons. The lowest BCUT2D eigenvalue weighted by molar-refractivity contribution is -0.376. The number of thiazole rings is 1. The Morgan fingerprint density at radius 3 is 2.19 bits per heavy atom. The van der Waals surface area contributed by atoms with Gasteiger partial charge in [-0.05, 0) is 19.1 Å². The third-order valence-electron chi connectivity index (χ3n) is 3.74. The molecule has 2 rings (SSSR count). The van der Waals surface area contributed by atoms with Crippen molar-refractivity contribution in [2.45, 2.75) is 31.4 Å². The van der Waals surface area contributed by atoms with E-state index in [-0.39, 0.29) is 17.3 Å². The van der Waals surface area contributed by atoms with Crippen LogP contribution in [0.2, 0.25) is 5.02 Å². The van der Waals surface area contributed by atoms with Gasteiger partial charge in [0.15, 0.2) is 0 Å². The summed E-state index contributed by atoms with van der Waals surface area (Å²) in [6, 6.07) is 2.09. The fraction of sp³-hybridized carbons (Fsp3) is 0.400. The van der Waals surface area contributed by atoms with E-state index >= 15 is 0 Å². The fourth-order valence-corrected chi connectivity index (χ4v) is 3.20. The van der Waals surface area contributed by atoms with E-state index in [0.717, 1.165) is 6.07 Å². The van der Waals surface area contributed by atoms with Gasteiger partial charge in [0.25, 0.3) is 5.60 Å². The Morgan fingerprint density at radius 1 is 1.15 bits per heavy atom. The van der Waals surface area contributed by atoms with Gasteiger partial charge in [-0.15, -0.1) is 11.3 Å². The summed E-state index contributed by atoms with van der Waals surface area (Å²) in [4.78, 5) is 5.72. The first kappa shape index (κ1) is 20.8. The first-order chi connectivity index (χ1) is 11.9. The van der Waals surface area contributed by atoms with Crippen molar-refractivity contribution in [3.8, 4) is 0 Å². The highest BCUT2D eigenvalue weighted by molar-refractivity contribution is 7.07. The molecule has 0 spiro atoms. The largest absolute Gasteiger partial charge is 0.430 e. The molecule has 0 saturated carbocycles. The number of rotatable bonds is 5. The molecule has 1 aromatic heterocycles. The van der Waals surface area contributed by atoms with Gasteiger partial charge in [-0.1, -0.05) is 17.7 Å². The highest BCUT2D eigenvalue weighted by Gasteiger charge is 2.71. The molecule has 3 nitrogen and oxygen atoms in total. The number of hydrogen-bond donors (Lipinski definition) is 1. The summed E-state index contributed by atoms with van der Waals surface area (Å²) in [5.74, 6) is 0. The van der Waals surface area contributed by atoms with E-state index in [1.807, 2.05) is 0 Å². The van der Waals surface area contributed by atoms with Gasteiger partial charge in [0.2, 0.25) is 0 Å². The molecule has 2 aromatic rings. The molecule has 0 fully saturated rings. The van der Waals surface area contributed by atoms with Crippen LogP contribution in [0.25, 0.3) is 0 Å². The molecular formula is C15H13ClF6N2OS. The average Bonchev–Trinajstić information content (AvgIpc) is 3.03. The van der Waals surface area contributed by atoms with Crippen LogP contribution in [0, 0.1) is 0 Å². The van der Waals surface area contributed by atoms with Crippen molar-refractivity contribution in [1.29, 1.82) is 0 Å². The predicted octanol–water partition coefficient (Wildman–Crippen LogP) is 5.14. The molecule has 0 aliphatic carbocycles. The van der Waals surface area contributed by atoms with Gasteiger partial charge in [0, 0.05) is 17.5 Å². The molecule has 0 atom stereocenters. The quantitative estimate of drug-likeness (QED) is 0.683. The maximum atomic E-state index is 13.0. The second-order valence-electron chi connectivity index (χ2n) is 5.37. The number of nitrogens with zero attached hydrogens (tertiary/aromatic N) is 2. The molecule has 0 amide bonds. The third kappa shape index (κ3) is 3.77. The highest BCUT2D eigenvalue weighted by atomic mass is 35.5. The lowest BCUT2D eigenvalue weighted by Gasteiger charge is -2.33. The average molecular weight is 419 g/mol. The number of aromatic nitrogens is 1. The van der Waals surface area contributed by atoms with Crippen LogP contribution in [0.1, 0.15) is 18.2 Å². The van der Waals surface area contributed by atoms with Gasteiger partial charge in [0.1, 0.15) is 0 Å².